The van der Waals surface area contributed by atoms with Crippen LogP contribution in [0, 0.1) is 0 Å². The molecule has 2 N–H and O–H groups in total. The summed E-state index contributed by atoms with van der Waals surface area (Å²) in [5, 5.41) is 10.5. The second-order valence-corrected chi connectivity index (χ2v) is 7.43. The summed E-state index contributed by atoms with van der Waals surface area (Å²) in [5.41, 5.74) is 6.24. The Bertz CT molecular complexity index is 813. The van der Waals surface area contributed by atoms with Crippen molar-refractivity contribution in [2.45, 2.75) is 44.7 Å². The van der Waals surface area contributed by atoms with Gasteiger partial charge in [-0.1, -0.05) is 12.1 Å². The number of benzene rings is 1. The van der Waals surface area contributed by atoms with Gasteiger partial charge in [-0.25, -0.2) is 4.79 Å². The number of carbonyl (C=O) groups is 1. The maximum atomic E-state index is 12.4. The lowest BCUT2D eigenvalue weighted by Gasteiger charge is -2.28. The lowest BCUT2D eigenvalue weighted by atomic mass is 9.93. The van der Waals surface area contributed by atoms with Crippen molar-refractivity contribution in [2.75, 3.05) is 18.5 Å². The molecule has 1 aromatic heterocycles. The van der Waals surface area contributed by atoms with E-state index >= 15 is 0 Å². The minimum Gasteiger partial charge on any atom is -0.374 e. The second-order valence-electron chi connectivity index (χ2n) is 7.43. The zero-order valence-electron chi connectivity index (χ0n) is 15.6. The van der Waals surface area contributed by atoms with Crippen LogP contribution in [0.15, 0.2) is 24.4 Å². The van der Waals surface area contributed by atoms with E-state index in [9.17, 15) is 4.79 Å². The summed E-state index contributed by atoms with van der Waals surface area (Å²) >= 11 is 0. The highest BCUT2D eigenvalue weighted by Gasteiger charge is 2.24. The quantitative estimate of drug-likeness (QED) is 0.892. The predicted octanol–water partition coefficient (Wildman–Crippen LogP) is 2.68. The fourth-order valence-corrected chi connectivity index (χ4v) is 4.20. The average molecular weight is 353 g/mol. The van der Waals surface area contributed by atoms with E-state index in [1.54, 1.807) is 0 Å². The predicted molar refractivity (Wildman–Crippen MR) is 102 cm³/mol. The normalized spacial score (nSPS) is 18.8. The number of aryl methyl sites for hydroxylation is 2. The minimum absolute atomic E-state index is 0.0598. The van der Waals surface area contributed by atoms with E-state index in [1.807, 2.05) is 17.9 Å². The maximum Gasteiger partial charge on any atom is 0.315 e. The van der Waals surface area contributed by atoms with Crippen molar-refractivity contribution in [2.24, 2.45) is 7.05 Å². The number of urea groups is 1. The van der Waals surface area contributed by atoms with E-state index in [4.69, 9.17) is 0 Å². The molecule has 2 amide bonds. The number of hydrogen-bond acceptors (Lipinski definition) is 3. The van der Waals surface area contributed by atoms with Crippen LogP contribution in [0.3, 0.4) is 0 Å². The monoisotopic (exact) mass is 353 g/mol. The molecule has 0 bridgehead atoms. The Morgan fingerprint density at radius 1 is 1.27 bits per heavy atom. The Balaban J connectivity index is 1.36. The number of hydrogen-bond donors (Lipinski definition) is 2. The van der Waals surface area contributed by atoms with E-state index in [-0.39, 0.29) is 12.1 Å². The third-order valence-electron chi connectivity index (χ3n) is 5.63. The lowest BCUT2D eigenvalue weighted by Crippen LogP contribution is -2.38. The van der Waals surface area contributed by atoms with E-state index in [0.717, 1.165) is 43.4 Å². The number of fused-ring (bicyclic) bond motifs is 2. The molecule has 0 saturated carbocycles. The van der Waals surface area contributed by atoms with Crippen molar-refractivity contribution in [1.29, 1.82) is 0 Å². The first kappa shape index (κ1) is 16.9. The van der Waals surface area contributed by atoms with Gasteiger partial charge in [0, 0.05) is 44.1 Å². The van der Waals surface area contributed by atoms with Crippen LogP contribution in [0.25, 0.3) is 0 Å². The summed E-state index contributed by atoms with van der Waals surface area (Å²) in [7, 11) is 4.11. The number of amides is 2. The van der Waals surface area contributed by atoms with Gasteiger partial charge in [-0.05, 0) is 49.3 Å². The van der Waals surface area contributed by atoms with Crippen molar-refractivity contribution in [1.82, 2.24) is 20.4 Å². The molecule has 1 aromatic carbocycles. The van der Waals surface area contributed by atoms with Crippen LogP contribution < -0.4 is 15.5 Å². The van der Waals surface area contributed by atoms with Crippen LogP contribution in [0.5, 0.6) is 0 Å². The van der Waals surface area contributed by atoms with Gasteiger partial charge >= 0.3 is 6.03 Å². The largest absolute Gasteiger partial charge is 0.374 e. The van der Waals surface area contributed by atoms with E-state index < -0.39 is 0 Å². The highest BCUT2D eigenvalue weighted by atomic mass is 16.2. The molecule has 2 heterocycles. The third kappa shape index (κ3) is 3.28. The summed E-state index contributed by atoms with van der Waals surface area (Å²) < 4.78 is 1.92. The first-order valence-corrected chi connectivity index (χ1v) is 9.50. The number of rotatable bonds is 3. The Morgan fingerprint density at radius 2 is 2.15 bits per heavy atom. The smallest absolute Gasteiger partial charge is 0.315 e. The van der Waals surface area contributed by atoms with Crippen LogP contribution in [0.2, 0.25) is 0 Å². The molecule has 0 radical (unpaired) electrons. The molecule has 1 unspecified atom stereocenters. The molecule has 4 rings (SSSR count). The number of carbonyl (C=O) groups excluding carboxylic acids is 1. The van der Waals surface area contributed by atoms with Gasteiger partial charge in [0.2, 0.25) is 0 Å². The van der Waals surface area contributed by atoms with Crippen molar-refractivity contribution in [3.05, 3.63) is 46.8 Å². The maximum absolute atomic E-state index is 12.4. The molecule has 0 spiro atoms. The standard InChI is InChI=1S/C20H27N5O/c1-24-10-4-5-15-11-14(8-9-18(15)24)12-21-20(26)23-17-6-3-7-19-16(17)13-22-25(19)2/h8-9,11,13,17H,3-7,10,12H2,1-2H3,(H2,21,23,26). The average Bonchev–Trinajstić information content (AvgIpc) is 3.02. The number of nitrogens with zero attached hydrogens (tertiary/aromatic N) is 3. The molecule has 26 heavy (non-hydrogen) atoms. The Labute approximate surface area is 154 Å². The van der Waals surface area contributed by atoms with Crippen LogP contribution in [-0.2, 0) is 26.4 Å². The topological polar surface area (TPSA) is 62.2 Å². The summed E-state index contributed by atoms with van der Waals surface area (Å²) in [6, 6.07) is 6.46. The molecule has 1 aliphatic heterocycles. The van der Waals surface area contributed by atoms with Crippen molar-refractivity contribution in [3.63, 3.8) is 0 Å². The summed E-state index contributed by atoms with van der Waals surface area (Å²) in [5.74, 6) is 0. The van der Waals surface area contributed by atoms with Gasteiger partial charge in [0.05, 0.1) is 12.2 Å². The number of anilines is 1. The molecule has 6 nitrogen and oxygen atoms in total. The van der Waals surface area contributed by atoms with Gasteiger partial charge in [-0.3, -0.25) is 4.68 Å². The van der Waals surface area contributed by atoms with Gasteiger partial charge < -0.3 is 15.5 Å². The van der Waals surface area contributed by atoms with Crippen LogP contribution in [-0.4, -0.2) is 29.4 Å². The molecule has 2 aliphatic rings. The first-order chi connectivity index (χ1) is 12.6. The number of aromatic nitrogens is 2. The summed E-state index contributed by atoms with van der Waals surface area (Å²) in [6.45, 7) is 1.67. The minimum atomic E-state index is -0.110. The Morgan fingerprint density at radius 3 is 3.04 bits per heavy atom. The third-order valence-corrected chi connectivity index (χ3v) is 5.63. The van der Waals surface area contributed by atoms with E-state index in [2.05, 4.69) is 45.9 Å². The Hall–Kier alpha value is -2.50. The molecular formula is C20H27N5O. The molecule has 6 heteroatoms. The highest BCUT2D eigenvalue weighted by molar-refractivity contribution is 5.74. The van der Waals surface area contributed by atoms with Crippen molar-refractivity contribution in [3.8, 4) is 0 Å². The molecule has 1 atom stereocenters. The van der Waals surface area contributed by atoms with Gasteiger partial charge in [0.25, 0.3) is 0 Å². The second kappa shape index (κ2) is 7.02. The molecule has 138 valence electrons. The fraction of sp³-hybridized carbons (Fsp3) is 0.500. The van der Waals surface area contributed by atoms with Gasteiger partial charge in [0.15, 0.2) is 0 Å². The summed E-state index contributed by atoms with van der Waals surface area (Å²) in [4.78, 5) is 14.7. The van der Waals surface area contributed by atoms with E-state index in [1.165, 1.54) is 23.4 Å². The van der Waals surface area contributed by atoms with Crippen molar-refractivity contribution < 1.29 is 4.79 Å². The fourth-order valence-electron chi connectivity index (χ4n) is 4.20. The summed E-state index contributed by atoms with van der Waals surface area (Å²) in [6.07, 6.45) is 7.28. The van der Waals surface area contributed by atoms with E-state index in [0.29, 0.717) is 6.54 Å². The van der Waals surface area contributed by atoms with Crippen LogP contribution in [0.1, 0.15) is 47.7 Å². The number of nitrogens with one attached hydrogen (secondary N) is 2. The zero-order valence-corrected chi connectivity index (χ0v) is 15.6. The molecule has 0 saturated heterocycles. The van der Waals surface area contributed by atoms with Gasteiger partial charge in [0.1, 0.15) is 0 Å². The SMILES string of the molecule is CN1CCCc2cc(CNC(=O)NC3CCCc4c3cnn4C)ccc21. The Kier molecular flexibility index (Phi) is 4.57. The molecule has 2 aromatic rings. The highest BCUT2D eigenvalue weighted by Crippen LogP contribution is 2.29. The molecule has 0 fully saturated rings. The zero-order chi connectivity index (χ0) is 18.1. The molecule has 1 aliphatic carbocycles. The molecular weight excluding hydrogens is 326 g/mol. The lowest BCUT2D eigenvalue weighted by molar-refractivity contribution is 0.235. The van der Waals surface area contributed by atoms with Crippen LogP contribution in [0.4, 0.5) is 10.5 Å². The van der Waals surface area contributed by atoms with Crippen molar-refractivity contribution >= 4 is 11.7 Å². The van der Waals surface area contributed by atoms with Gasteiger partial charge in [-0.15, -0.1) is 0 Å². The van der Waals surface area contributed by atoms with Crippen LogP contribution >= 0.6 is 0 Å². The first-order valence-electron chi connectivity index (χ1n) is 9.50. The van der Waals surface area contributed by atoms with Gasteiger partial charge in [-0.2, -0.15) is 5.10 Å².